The predicted octanol–water partition coefficient (Wildman–Crippen LogP) is 6.01. The fourth-order valence-corrected chi connectivity index (χ4v) is 3.60. The molecule has 0 spiro atoms. The number of allylic oxidation sites excluding steroid dienone is 1. The van der Waals surface area contributed by atoms with Gasteiger partial charge >= 0.3 is 0 Å². The minimum Gasteiger partial charge on any atom is -0.294 e. The molecule has 1 saturated carbocycles. The molecule has 0 saturated heterocycles. The van der Waals surface area contributed by atoms with Crippen LogP contribution in [0.4, 0.5) is 0 Å². The highest BCUT2D eigenvalue weighted by Gasteiger charge is 2.32. The molecule has 124 valence electrons. The summed E-state index contributed by atoms with van der Waals surface area (Å²) in [7, 11) is 0. The van der Waals surface area contributed by atoms with Crippen LogP contribution in [0.5, 0.6) is 0 Å². The average molecular weight is 318 g/mol. The molecule has 2 unspecified atom stereocenters. The summed E-state index contributed by atoms with van der Waals surface area (Å²) in [6, 6.07) is 18.9. The monoisotopic (exact) mass is 318 g/mol. The van der Waals surface area contributed by atoms with Gasteiger partial charge in [0.05, 0.1) is 0 Å². The van der Waals surface area contributed by atoms with Gasteiger partial charge < -0.3 is 0 Å². The Kier molecular flexibility index (Phi) is 4.99. The van der Waals surface area contributed by atoms with Crippen LogP contribution in [0.1, 0.15) is 39.2 Å². The number of ketones is 1. The SMILES string of the molecule is CC1CCC(C(C)C)C(=O)/C1=C\c1ccc(-c2ccccc2)cc1. The smallest absolute Gasteiger partial charge is 0.162 e. The Morgan fingerprint density at radius 1 is 0.917 bits per heavy atom. The highest BCUT2D eigenvalue weighted by Crippen LogP contribution is 2.35. The van der Waals surface area contributed by atoms with Gasteiger partial charge in [-0.15, -0.1) is 0 Å². The molecule has 1 aliphatic rings. The summed E-state index contributed by atoms with van der Waals surface area (Å²) in [6.07, 6.45) is 4.25. The van der Waals surface area contributed by atoms with E-state index in [0.717, 1.165) is 24.0 Å². The van der Waals surface area contributed by atoms with Gasteiger partial charge in [-0.3, -0.25) is 4.79 Å². The van der Waals surface area contributed by atoms with Crippen molar-refractivity contribution in [3.8, 4) is 11.1 Å². The van der Waals surface area contributed by atoms with E-state index >= 15 is 0 Å². The van der Waals surface area contributed by atoms with Crippen molar-refractivity contribution < 1.29 is 4.79 Å². The fourth-order valence-electron chi connectivity index (χ4n) is 3.60. The lowest BCUT2D eigenvalue weighted by molar-refractivity contribution is -0.122. The van der Waals surface area contributed by atoms with Gasteiger partial charge in [0.15, 0.2) is 5.78 Å². The quantitative estimate of drug-likeness (QED) is 0.633. The van der Waals surface area contributed by atoms with E-state index in [0.29, 0.717) is 17.6 Å². The first kappa shape index (κ1) is 16.7. The molecule has 3 rings (SSSR count). The zero-order valence-corrected chi connectivity index (χ0v) is 14.8. The Morgan fingerprint density at radius 3 is 2.17 bits per heavy atom. The van der Waals surface area contributed by atoms with Gasteiger partial charge in [0, 0.05) is 5.92 Å². The maximum atomic E-state index is 12.8. The average Bonchev–Trinajstić information content (AvgIpc) is 2.59. The van der Waals surface area contributed by atoms with E-state index in [1.807, 2.05) is 6.07 Å². The largest absolute Gasteiger partial charge is 0.294 e. The first-order valence-corrected chi connectivity index (χ1v) is 8.97. The minimum atomic E-state index is 0.191. The third kappa shape index (κ3) is 3.51. The fraction of sp³-hybridized carbons (Fsp3) is 0.348. The lowest BCUT2D eigenvalue weighted by atomic mass is 9.73. The van der Waals surface area contributed by atoms with Crippen molar-refractivity contribution in [2.24, 2.45) is 17.8 Å². The van der Waals surface area contributed by atoms with E-state index in [-0.39, 0.29) is 5.92 Å². The van der Waals surface area contributed by atoms with Crippen LogP contribution < -0.4 is 0 Å². The van der Waals surface area contributed by atoms with Gasteiger partial charge in [0.25, 0.3) is 0 Å². The maximum absolute atomic E-state index is 12.8. The van der Waals surface area contributed by atoms with Crippen molar-refractivity contribution in [2.75, 3.05) is 0 Å². The second-order valence-electron chi connectivity index (χ2n) is 7.28. The van der Waals surface area contributed by atoms with Crippen LogP contribution in [0.25, 0.3) is 17.2 Å². The number of hydrogen-bond donors (Lipinski definition) is 0. The van der Waals surface area contributed by atoms with E-state index in [1.165, 1.54) is 11.1 Å². The Labute approximate surface area is 145 Å². The third-order valence-corrected chi connectivity index (χ3v) is 5.21. The highest BCUT2D eigenvalue weighted by molar-refractivity contribution is 6.02. The molecule has 2 atom stereocenters. The van der Waals surface area contributed by atoms with Crippen LogP contribution >= 0.6 is 0 Å². The number of benzene rings is 2. The van der Waals surface area contributed by atoms with E-state index in [2.05, 4.69) is 75.4 Å². The molecule has 2 aromatic rings. The van der Waals surface area contributed by atoms with Crippen LogP contribution in [0.15, 0.2) is 60.2 Å². The number of carbonyl (C=O) groups is 1. The zero-order chi connectivity index (χ0) is 17.1. The Balaban J connectivity index is 1.86. The summed E-state index contributed by atoms with van der Waals surface area (Å²) in [4.78, 5) is 12.8. The van der Waals surface area contributed by atoms with Crippen molar-refractivity contribution in [3.05, 3.63) is 65.7 Å². The van der Waals surface area contributed by atoms with Gasteiger partial charge in [0.2, 0.25) is 0 Å². The van der Waals surface area contributed by atoms with Crippen LogP contribution in [-0.2, 0) is 4.79 Å². The number of hydrogen-bond acceptors (Lipinski definition) is 1. The van der Waals surface area contributed by atoms with Crippen LogP contribution in [0.2, 0.25) is 0 Å². The van der Waals surface area contributed by atoms with Crippen LogP contribution in [-0.4, -0.2) is 5.78 Å². The minimum absolute atomic E-state index is 0.191. The first-order valence-electron chi connectivity index (χ1n) is 8.97. The third-order valence-electron chi connectivity index (χ3n) is 5.21. The number of Topliss-reactive ketones (excluding diaryl/α,β-unsaturated/α-hetero) is 1. The van der Waals surface area contributed by atoms with Gasteiger partial charge in [-0.2, -0.15) is 0 Å². The molecule has 0 aromatic heterocycles. The Morgan fingerprint density at radius 2 is 1.54 bits per heavy atom. The molecule has 0 N–H and O–H groups in total. The molecule has 2 aromatic carbocycles. The highest BCUT2D eigenvalue weighted by atomic mass is 16.1. The molecule has 0 heterocycles. The van der Waals surface area contributed by atoms with Crippen LogP contribution in [0, 0.1) is 17.8 Å². The normalized spacial score (nSPS) is 23.0. The second kappa shape index (κ2) is 7.17. The summed E-state index contributed by atoms with van der Waals surface area (Å²) in [5.74, 6) is 1.34. The Hall–Kier alpha value is -2.15. The summed E-state index contributed by atoms with van der Waals surface area (Å²) in [5, 5.41) is 0. The van der Waals surface area contributed by atoms with E-state index < -0.39 is 0 Å². The summed E-state index contributed by atoms with van der Waals surface area (Å²) < 4.78 is 0. The standard InChI is InChI=1S/C23H26O/c1-16(2)21-14-9-17(3)22(23(21)24)15-18-10-12-20(13-11-18)19-7-5-4-6-8-19/h4-8,10-13,15-17,21H,9,14H2,1-3H3/b22-15-. The molecule has 0 aliphatic heterocycles. The van der Waals surface area contributed by atoms with Crippen molar-refractivity contribution in [1.29, 1.82) is 0 Å². The van der Waals surface area contributed by atoms with E-state index in [9.17, 15) is 4.79 Å². The molecule has 24 heavy (non-hydrogen) atoms. The maximum Gasteiger partial charge on any atom is 0.162 e. The first-order chi connectivity index (χ1) is 11.6. The molecule has 1 aliphatic carbocycles. The van der Waals surface area contributed by atoms with Gasteiger partial charge in [-0.25, -0.2) is 0 Å². The summed E-state index contributed by atoms with van der Waals surface area (Å²) in [6.45, 7) is 6.49. The zero-order valence-electron chi connectivity index (χ0n) is 14.8. The molecular formula is C23H26O. The summed E-state index contributed by atoms with van der Waals surface area (Å²) in [5.41, 5.74) is 4.56. The summed E-state index contributed by atoms with van der Waals surface area (Å²) >= 11 is 0. The molecule has 1 fully saturated rings. The second-order valence-corrected chi connectivity index (χ2v) is 7.28. The lowest BCUT2D eigenvalue weighted by Gasteiger charge is -2.30. The van der Waals surface area contributed by atoms with E-state index in [1.54, 1.807) is 0 Å². The van der Waals surface area contributed by atoms with Crippen molar-refractivity contribution >= 4 is 11.9 Å². The van der Waals surface area contributed by atoms with Crippen molar-refractivity contribution in [3.63, 3.8) is 0 Å². The molecular weight excluding hydrogens is 292 g/mol. The molecule has 0 amide bonds. The van der Waals surface area contributed by atoms with E-state index in [4.69, 9.17) is 0 Å². The Bertz CT molecular complexity index is 722. The van der Waals surface area contributed by atoms with Gasteiger partial charge in [-0.1, -0.05) is 75.4 Å². The van der Waals surface area contributed by atoms with Crippen molar-refractivity contribution in [2.45, 2.75) is 33.6 Å². The topological polar surface area (TPSA) is 17.1 Å². The molecule has 1 heteroatoms. The predicted molar refractivity (Wildman–Crippen MR) is 102 cm³/mol. The van der Waals surface area contributed by atoms with Gasteiger partial charge in [-0.05, 0) is 53.0 Å². The lowest BCUT2D eigenvalue weighted by Crippen LogP contribution is -2.30. The molecule has 0 bridgehead atoms. The molecule has 0 radical (unpaired) electrons. The molecule has 1 nitrogen and oxygen atoms in total. The van der Waals surface area contributed by atoms with Gasteiger partial charge in [0.1, 0.15) is 0 Å². The van der Waals surface area contributed by atoms with Crippen molar-refractivity contribution in [1.82, 2.24) is 0 Å². The van der Waals surface area contributed by atoms with Crippen LogP contribution in [0.3, 0.4) is 0 Å². The number of carbonyl (C=O) groups excluding carboxylic acids is 1. The number of rotatable bonds is 3.